The van der Waals surface area contributed by atoms with Gasteiger partial charge in [-0.25, -0.2) is 17.5 Å². The SMILES string of the molecule is Cc1c(C(=O)NCCS(=O)(=O)NCc2ccc(F)cc2)oc2ccc(Br)cc12. The fourth-order valence-corrected chi connectivity index (χ4v) is 3.92. The number of amides is 1. The van der Waals surface area contributed by atoms with Gasteiger partial charge < -0.3 is 9.73 Å². The van der Waals surface area contributed by atoms with Gasteiger partial charge in [-0.1, -0.05) is 28.1 Å². The van der Waals surface area contributed by atoms with Crippen LogP contribution in [0.15, 0.2) is 51.4 Å². The first-order valence-corrected chi connectivity index (χ1v) is 10.9. The molecule has 0 aliphatic carbocycles. The van der Waals surface area contributed by atoms with E-state index in [0.717, 1.165) is 9.86 Å². The maximum absolute atomic E-state index is 12.9. The van der Waals surface area contributed by atoms with Crippen LogP contribution in [0.5, 0.6) is 0 Å². The third-order valence-corrected chi connectivity index (χ3v) is 5.99. The van der Waals surface area contributed by atoms with Crippen molar-refractivity contribution in [2.24, 2.45) is 0 Å². The zero-order valence-corrected chi connectivity index (χ0v) is 17.4. The molecule has 148 valence electrons. The number of halogens is 2. The maximum atomic E-state index is 12.9. The van der Waals surface area contributed by atoms with Gasteiger partial charge in [0, 0.05) is 28.5 Å². The average Bonchev–Trinajstić information content (AvgIpc) is 2.97. The summed E-state index contributed by atoms with van der Waals surface area (Å²) in [5, 5.41) is 3.38. The van der Waals surface area contributed by atoms with E-state index in [0.29, 0.717) is 16.7 Å². The molecule has 0 atom stereocenters. The highest BCUT2D eigenvalue weighted by Gasteiger charge is 2.18. The summed E-state index contributed by atoms with van der Waals surface area (Å²) in [4.78, 5) is 12.3. The normalized spacial score (nSPS) is 11.7. The Labute approximate surface area is 170 Å². The summed E-state index contributed by atoms with van der Waals surface area (Å²) >= 11 is 3.38. The van der Waals surface area contributed by atoms with Gasteiger partial charge in [0.15, 0.2) is 5.76 Å². The van der Waals surface area contributed by atoms with Gasteiger partial charge in [0.2, 0.25) is 10.0 Å². The minimum absolute atomic E-state index is 0.0497. The van der Waals surface area contributed by atoms with Gasteiger partial charge >= 0.3 is 0 Å². The number of furan rings is 1. The zero-order chi connectivity index (χ0) is 20.3. The van der Waals surface area contributed by atoms with Crippen molar-refractivity contribution >= 4 is 42.8 Å². The number of carbonyl (C=O) groups excluding carboxylic acids is 1. The molecule has 2 aromatic carbocycles. The number of nitrogens with one attached hydrogen (secondary N) is 2. The third kappa shape index (κ3) is 4.98. The van der Waals surface area contributed by atoms with Crippen LogP contribution in [-0.4, -0.2) is 26.6 Å². The second-order valence-electron chi connectivity index (χ2n) is 6.22. The molecule has 1 amide bonds. The van der Waals surface area contributed by atoms with Gasteiger partial charge in [-0.15, -0.1) is 0 Å². The number of fused-ring (bicyclic) bond motifs is 1. The monoisotopic (exact) mass is 468 g/mol. The van der Waals surface area contributed by atoms with Crippen molar-refractivity contribution in [3.8, 4) is 0 Å². The Morgan fingerprint density at radius 2 is 1.89 bits per heavy atom. The van der Waals surface area contributed by atoms with E-state index in [9.17, 15) is 17.6 Å². The molecule has 28 heavy (non-hydrogen) atoms. The highest BCUT2D eigenvalue weighted by molar-refractivity contribution is 9.10. The number of hydrogen-bond donors (Lipinski definition) is 2. The van der Waals surface area contributed by atoms with E-state index >= 15 is 0 Å². The molecule has 0 spiro atoms. The molecule has 0 fully saturated rings. The summed E-state index contributed by atoms with van der Waals surface area (Å²) in [5.74, 6) is -0.990. The third-order valence-electron chi connectivity index (χ3n) is 4.17. The van der Waals surface area contributed by atoms with Crippen LogP contribution in [0.25, 0.3) is 11.0 Å². The Hall–Kier alpha value is -2.23. The molecule has 3 rings (SSSR count). The molecule has 2 N–H and O–H groups in total. The molecule has 0 radical (unpaired) electrons. The lowest BCUT2D eigenvalue weighted by Crippen LogP contribution is -2.34. The average molecular weight is 469 g/mol. The fraction of sp³-hybridized carbons (Fsp3) is 0.211. The number of sulfonamides is 1. The lowest BCUT2D eigenvalue weighted by molar-refractivity contribution is 0.0930. The second-order valence-corrected chi connectivity index (χ2v) is 9.06. The summed E-state index contributed by atoms with van der Waals surface area (Å²) in [6.45, 7) is 1.75. The predicted molar refractivity (Wildman–Crippen MR) is 108 cm³/mol. The molecule has 1 heterocycles. The van der Waals surface area contributed by atoms with Crippen LogP contribution in [0, 0.1) is 12.7 Å². The topological polar surface area (TPSA) is 88.4 Å². The molecule has 3 aromatic rings. The highest BCUT2D eigenvalue weighted by atomic mass is 79.9. The van der Waals surface area contributed by atoms with Crippen LogP contribution < -0.4 is 10.0 Å². The summed E-state index contributed by atoms with van der Waals surface area (Å²) in [5.41, 5.74) is 1.91. The molecule has 0 unspecified atom stereocenters. The standard InChI is InChI=1S/C19H18BrFN2O4S/c1-12-16-10-14(20)4-7-17(16)27-18(12)19(24)22-8-9-28(25,26)23-11-13-2-5-15(21)6-3-13/h2-7,10,23H,8-9,11H2,1H3,(H,22,24). The fourth-order valence-electron chi connectivity index (χ4n) is 2.66. The van der Waals surface area contributed by atoms with Crippen molar-refractivity contribution in [2.75, 3.05) is 12.3 Å². The number of rotatable bonds is 7. The van der Waals surface area contributed by atoms with Gasteiger partial charge in [0.1, 0.15) is 11.4 Å². The van der Waals surface area contributed by atoms with E-state index in [1.807, 2.05) is 12.1 Å². The lowest BCUT2D eigenvalue weighted by atomic mass is 10.1. The summed E-state index contributed by atoms with van der Waals surface area (Å²) in [6.07, 6.45) is 0. The van der Waals surface area contributed by atoms with Crippen LogP contribution >= 0.6 is 15.9 Å². The Kier molecular flexibility index (Phi) is 6.17. The summed E-state index contributed by atoms with van der Waals surface area (Å²) in [6, 6.07) is 11.0. The molecule has 6 nitrogen and oxygen atoms in total. The quantitative estimate of drug-likeness (QED) is 0.555. The van der Waals surface area contributed by atoms with Crippen LogP contribution in [-0.2, 0) is 16.6 Å². The summed E-state index contributed by atoms with van der Waals surface area (Å²) < 4.78 is 45.9. The smallest absolute Gasteiger partial charge is 0.287 e. The molecule has 1 aromatic heterocycles. The van der Waals surface area contributed by atoms with E-state index in [1.54, 1.807) is 13.0 Å². The number of hydrogen-bond acceptors (Lipinski definition) is 4. The van der Waals surface area contributed by atoms with E-state index < -0.39 is 15.9 Å². The molecular formula is C19H18BrFN2O4S. The molecule has 0 bridgehead atoms. The number of aryl methyl sites for hydroxylation is 1. The zero-order valence-electron chi connectivity index (χ0n) is 15.0. The van der Waals surface area contributed by atoms with Gasteiger partial charge in [0.25, 0.3) is 5.91 Å². The predicted octanol–water partition coefficient (Wildman–Crippen LogP) is 3.49. The first kappa shape index (κ1) is 20.5. The van der Waals surface area contributed by atoms with Gasteiger partial charge in [-0.2, -0.15) is 0 Å². The molecule has 0 aliphatic heterocycles. The van der Waals surface area contributed by atoms with E-state index in [4.69, 9.17) is 4.42 Å². The first-order chi connectivity index (χ1) is 13.2. The lowest BCUT2D eigenvalue weighted by Gasteiger charge is -2.08. The Morgan fingerprint density at radius 1 is 1.18 bits per heavy atom. The van der Waals surface area contributed by atoms with Crippen molar-refractivity contribution in [3.63, 3.8) is 0 Å². The molecular weight excluding hydrogens is 451 g/mol. The van der Waals surface area contributed by atoms with Crippen molar-refractivity contribution in [2.45, 2.75) is 13.5 Å². The number of benzene rings is 2. The van der Waals surface area contributed by atoms with Crippen molar-refractivity contribution in [3.05, 3.63) is 69.6 Å². The Bertz CT molecular complexity index is 1110. The molecule has 0 saturated heterocycles. The van der Waals surface area contributed by atoms with Crippen LogP contribution in [0.3, 0.4) is 0 Å². The Balaban J connectivity index is 1.56. The maximum Gasteiger partial charge on any atom is 0.287 e. The minimum Gasteiger partial charge on any atom is -0.451 e. The van der Waals surface area contributed by atoms with E-state index in [1.165, 1.54) is 24.3 Å². The van der Waals surface area contributed by atoms with Crippen molar-refractivity contribution in [1.29, 1.82) is 0 Å². The number of carbonyl (C=O) groups is 1. The van der Waals surface area contributed by atoms with E-state index in [-0.39, 0.29) is 30.4 Å². The molecule has 9 heteroatoms. The van der Waals surface area contributed by atoms with Crippen molar-refractivity contribution in [1.82, 2.24) is 10.0 Å². The van der Waals surface area contributed by atoms with Gasteiger partial charge in [-0.05, 0) is 42.8 Å². The highest BCUT2D eigenvalue weighted by Crippen LogP contribution is 2.27. The van der Waals surface area contributed by atoms with Gasteiger partial charge in [-0.3, -0.25) is 4.79 Å². The van der Waals surface area contributed by atoms with Crippen LogP contribution in [0.4, 0.5) is 4.39 Å². The summed E-state index contributed by atoms with van der Waals surface area (Å²) in [7, 11) is -3.60. The van der Waals surface area contributed by atoms with E-state index in [2.05, 4.69) is 26.0 Å². The largest absolute Gasteiger partial charge is 0.451 e. The van der Waals surface area contributed by atoms with Crippen molar-refractivity contribution < 1.29 is 22.0 Å². The first-order valence-electron chi connectivity index (χ1n) is 8.44. The van der Waals surface area contributed by atoms with Crippen LogP contribution in [0.2, 0.25) is 0 Å². The van der Waals surface area contributed by atoms with Gasteiger partial charge in [0.05, 0.1) is 5.75 Å². The van der Waals surface area contributed by atoms with Crippen LogP contribution in [0.1, 0.15) is 21.7 Å². The molecule has 0 aliphatic rings. The second kappa shape index (κ2) is 8.42. The molecule has 0 saturated carbocycles. The minimum atomic E-state index is -3.60. The Morgan fingerprint density at radius 3 is 2.61 bits per heavy atom.